The second-order valence-corrected chi connectivity index (χ2v) is 7.06. The third-order valence-corrected chi connectivity index (χ3v) is 5.43. The molecule has 0 amide bonds. The molecule has 0 radical (unpaired) electrons. The monoisotopic (exact) mass is 274 g/mol. The van der Waals surface area contributed by atoms with Gasteiger partial charge in [0.1, 0.15) is 5.01 Å². The van der Waals surface area contributed by atoms with Crippen molar-refractivity contribution in [2.75, 3.05) is 0 Å². The van der Waals surface area contributed by atoms with Crippen LogP contribution in [0.2, 0.25) is 0 Å². The summed E-state index contributed by atoms with van der Waals surface area (Å²) in [5.41, 5.74) is 7.48. The molecule has 1 aromatic carbocycles. The van der Waals surface area contributed by atoms with Crippen LogP contribution in [0.5, 0.6) is 0 Å². The number of fused-ring (bicyclic) bond motifs is 1. The summed E-state index contributed by atoms with van der Waals surface area (Å²) in [5.74, 6) is 1.67. The molecule has 1 saturated carbocycles. The van der Waals surface area contributed by atoms with Crippen LogP contribution in [-0.2, 0) is 0 Å². The zero-order valence-electron chi connectivity index (χ0n) is 11.5. The number of thiazole rings is 1. The molecule has 1 fully saturated rings. The molecule has 1 aliphatic carbocycles. The average molecular weight is 274 g/mol. The summed E-state index contributed by atoms with van der Waals surface area (Å²) < 4.78 is 1.25. The van der Waals surface area contributed by atoms with Gasteiger partial charge in [-0.2, -0.15) is 0 Å². The molecule has 0 spiro atoms. The Morgan fingerprint density at radius 1 is 1.37 bits per heavy atom. The normalized spacial score (nSPS) is 25.6. The van der Waals surface area contributed by atoms with Crippen molar-refractivity contribution in [1.29, 1.82) is 0 Å². The van der Waals surface area contributed by atoms with Gasteiger partial charge >= 0.3 is 0 Å². The number of nitrogens with zero attached hydrogens (tertiary/aromatic N) is 1. The Balaban J connectivity index is 1.70. The van der Waals surface area contributed by atoms with E-state index in [9.17, 15) is 0 Å². The van der Waals surface area contributed by atoms with Crippen molar-refractivity contribution in [1.82, 2.24) is 4.98 Å². The standard InChI is InChI=1S/C16H22N2S/c1-11-5-4-6-12(9-11)10-13(17)16-18-14-7-2-3-8-15(14)19-16/h2-3,7-8,11-13H,4-6,9-10,17H2,1H3. The Labute approximate surface area is 119 Å². The van der Waals surface area contributed by atoms with Crippen LogP contribution in [0.4, 0.5) is 0 Å². The number of hydrogen-bond acceptors (Lipinski definition) is 3. The van der Waals surface area contributed by atoms with Gasteiger partial charge in [0.05, 0.1) is 16.3 Å². The first-order chi connectivity index (χ1) is 9.22. The van der Waals surface area contributed by atoms with Crippen molar-refractivity contribution in [2.24, 2.45) is 17.6 Å². The number of nitrogens with two attached hydrogens (primary N) is 1. The summed E-state index contributed by atoms with van der Waals surface area (Å²) >= 11 is 1.76. The number of para-hydroxylation sites is 1. The third-order valence-electron chi connectivity index (χ3n) is 4.26. The summed E-state index contributed by atoms with van der Waals surface area (Å²) in [5, 5.41) is 1.11. The second kappa shape index (κ2) is 5.59. The zero-order valence-corrected chi connectivity index (χ0v) is 12.3. The van der Waals surface area contributed by atoms with Crippen molar-refractivity contribution < 1.29 is 0 Å². The highest BCUT2D eigenvalue weighted by molar-refractivity contribution is 7.18. The van der Waals surface area contributed by atoms with E-state index >= 15 is 0 Å². The Morgan fingerprint density at radius 2 is 2.21 bits per heavy atom. The van der Waals surface area contributed by atoms with Gasteiger partial charge in [0, 0.05) is 0 Å². The van der Waals surface area contributed by atoms with Crippen LogP contribution in [0, 0.1) is 11.8 Å². The highest BCUT2D eigenvalue weighted by atomic mass is 32.1. The number of benzene rings is 1. The van der Waals surface area contributed by atoms with Crippen LogP contribution >= 0.6 is 11.3 Å². The minimum absolute atomic E-state index is 0.118. The molecule has 3 rings (SSSR count). The van der Waals surface area contributed by atoms with Gasteiger partial charge in [0.25, 0.3) is 0 Å². The highest BCUT2D eigenvalue weighted by Crippen LogP contribution is 2.35. The predicted molar refractivity (Wildman–Crippen MR) is 82.3 cm³/mol. The van der Waals surface area contributed by atoms with Crippen molar-refractivity contribution in [3.8, 4) is 0 Å². The lowest BCUT2D eigenvalue weighted by Crippen LogP contribution is -2.20. The van der Waals surface area contributed by atoms with E-state index in [2.05, 4.69) is 25.1 Å². The third kappa shape index (κ3) is 2.98. The van der Waals surface area contributed by atoms with Gasteiger partial charge in [-0.1, -0.05) is 38.3 Å². The number of aromatic nitrogens is 1. The molecule has 3 unspecified atom stereocenters. The second-order valence-electron chi connectivity index (χ2n) is 6.00. The van der Waals surface area contributed by atoms with Crippen LogP contribution in [0.1, 0.15) is 50.1 Å². The summed E-state index contributed by atoms with van der Waals surface area (Å²) in [4.78, 5) is 4.69. The maximum absolute atomic E-state index is 6.38. The van der Waals surface area contributed by atoms with Crippen LogP contribution in [-0.4, -0.2) is 4.98 Å². The molecule has 0 aliphatic heterocycles. The summed E-state index contributed by atoms with van der Waals surface area (Å²) in [6.45, 7) is 2.37. The molecule has 2 nitrogen and oxygen atoms in total. The van der Waals surface area contributed by atoms with E-state index in [1.807, 2.05) is 6.07 Å². The highest BCUT2D eigenvalue weighted by Gasteiger charge is 2.22. The summed E-state index contributed by atoms with van der Waals surface area (Å²) in [6, 6.07) is 8.43. The molecule has 2 aromatic rings. The van der Waals surface area contributed by atoms with E-state index in [4.69, 9.17) is 10.7 Å². The van der Waals surface area contributed by atoms with Crippen molar-refractivity contribution >= 4 is 21.6 Å². The van der Waals surface area contributed by atoms with Gasteiger partial charge in [-0.05, 0) is 36.8 Å². The lowest BCUT2D eigenvalue weighted by molar-refractivity contribution is 0.257. The summed E-state index contributed by atoms with van der Waals surface area (Å²) in [7, 11) is 0. The smallest absolute Gasteiger partial charge is 0.111 e. The Hall–Kier alpha value is -0.930. The number of rotatable bonds is 3. The van der Waals surface area contributed by atoms with Gasteiger partial charge < -0.3 is 5.73 Å². The van der Waals surface area contributed by atoms with Crippen LogP contribution < -0.4 is 5.73 Å². The molecule has 2 N–H and O–H groups in total. The number of hydrogen-bond donors (Lipinski definition) is 1. The van der Waals surface area contributed by atoms with E-state index in [1.165, 1.54) is 30.4 Å². The van der Waals surface area contributed by atoms with E-state index in [0.29, 0.717) is 0 Å². The van der Waals surface area contributed by atoms with Crippen LogP contribution in [0.15, 0.2) is 24.3 Å². The van der Waals surface area contributed by atoms with E-state index in [0.717, 1.165) is 28.8 Å². The van der Waals surface area contributed by atoms with Gasteiger partial charge in [0.2, 0.25) is 0 Å². The fraction of sp³-hybridized carbons (Fsp3) is 0.562. The Kier molecular flexibility index (Phi) is 3.85. The molecule has 0 saturated heterocycles. The molecule has 1 aliphatic rings. The topological polar surface area (TPSA) is 38.9 Å². The molecular formula is C16H22N2S. The van der Waals surface area contributed by atoms with Gasteiger partial charge in [-0.25, -0.2) is 4.98 Å². The largest absolute Gasteiger partial charge is 0.322 e. The molecule has 1 aromatic heterocycles. The molecule has 3 heteroatoms. The predicted octanol–water partition coefficient (Wildman–Crippen LogP) is 4.51. The minimum atomic E-state index is 0.118. The van der Waals surface area contributed by atoms with Gasteiger partial charge in [-0.15, -0.1) is 11.3 Å². The molecule has 1 heterocycles. The fourth-order valence-corrected chi connectivity index (χ4v) is 4.26. The van der Waals surface area contributed by atoms with Crippen molar-refractivity contribution in [2.45, 2.75) is 45.1 Å². The maximum Gasteiger partial charge on any atom is 0.111 e. The average Bonchev–Trinajstić information content (AvgIpc) is 2.82. The minimum Gasteiger partial charge on any atom is -0.322 e. The molecule has 0 bridgehead atoms. The Morgan fingerprint density at radius 3 is 3.00 bits per heavy atom. The van der Waals surface area contributed by atoms with Gasteiger partial charge in [-0.3, -0.25) is 0 Å². The van der Waals surface area contributed by atoms with Crippen molar-refractivity contribution in [3.05, 3.63) is 29.3 Å². The quantitative estimate of drug-likeness (QED) is 0.894. The lowest BCUT2D eigenvalue weighted by atomic mass is 9.79. The first-order valence-electron chi connectivity index (χ1n) is 7.33. The van der Waals surface area contributed by atoms with Crippen LogP contribution in [0.3, 0.4) is 0 Å². The SMILES string of the molecule is CC1CCCC(CC(N)c2nc3ccccc3s2)C1. The van der Waals surface area contributed by atoms with Gasteiger partial charge in [0.15, 0.2) is 0 Å². The van der Waals surface area contributed by atoms with E-state index < -0.39 is 0 Å². The van der Waals surface area contributed by atoms with Crippen molar-refractivity contribution in [3.63, 3.8) is 0 Å². The lowest BCUT2D eigenvalue weighted by Gasteiger charge is -2.28. The zero-order chi connectivity index (χ0) is 13.2. The summed E-state index contributed by atoms with van der Waals surface area (Å²) in [6.07, 6.45) is 6.57. The molecular weight excluding hydrogens is 252 g/mol. The fourth-order valence-electron chi connectivity index (χ4n) is 3.28. The van der Waals surface area contributed by atoms with E-state index in [-0.39, 0.29) is 6.04 Å². The molecule has 19 heavy (non-hydrogen) atoms. The Bertz CT molecular complexity index is 515. The molecule has 3 atom stereocenters. The van der Waals surface area contributed by atoms with E-state index in [1.54, 1.807) is 11.3 Å². The first-order valence-corrected chi connectivity index (χ1v) is 8.15. The maximum atomic E-state index is 6.38. The van der Waals surface area contributed by atoms with Crippen LogP contribution in [0.25, 0.3) is 10.2 Å². The molecule has 102 valence electrons. The first kappa shape index (κ1) is 13.1.